The molecule has 7 heteroatoms. The number of aliphatic carboxylic acids is 1. The molecule has 4 rings (SSSR count). The minimum absolute atomic E-state index is 0.0327. The van der Waals surface area contributed by atoms with Crippen molar-refractivity contribution in [3.63, 3.8) is 0 Å². The molecule has 0 heterocycles. The highest BCUT2D eigenvalue weighted by molar-refractivity contribution is 6.02. The van der Waals surface area contributed by atoms with Crippen LogP contribution in [0.25, 0.3) is 0 Å². The molecule has 3 saturated carbocycles. The van der Waals surface area contributed by atoms with Crippen molar-refractivity contribution in [3.05, 3.63) is 23.8 Å². The van der Waals surface area contributed by atoms with Crippen LogP contribution in [0, 0.1) is 34.5 Å². The first-order chi connectivity index (χ1) is 13.9. The van der Waals surface area contributed by atoms with Crippen LogP contribution in [-0.4, -0.2) is 44.4 Å². The fourth-order valence-corrected chi connectivity index (χ4v) is 7.04. The molecule has 4 aliphatic carbocycles. The van der Waals surface area contributed by atoms with Crippen LogP contribution in [0.15, 0.2) is 23.8 Å². The number of carboxylic acid groups (broad SMARTS) is 1. The van der Waals surface area contributed by atoms with Crippen molar-refractivity contribution in [2.24, 2.45) is 34.5 Å². The van der Waals surface area contributed by atoms with Gasteiger partial charge in [0.25, 0.3) is 0 Å². The van der Waals surface area contributed by atoms with E-state index in [9.17, 15) is 29.4 Å². The summed E-state index contributed by atoms with van der Waals surface area (Å²) in [6.45, 7) is 3.88. The fourth-order valence-electron chi connectivity index (χ4n) is 7.04. The van der Waals surface area contributed by atoms with Crippen LogP contribution in [0.1, 0.15) is 52.4 Å². The van der Waals surface area contributed by atoms with E-state index < -0.39 is 40.7 Å². The Kier molecular flexibility index (Phi) is 4.71. The highest BCUT2D eigenvalue weighted by atomic mass is 16.5. The van der Waals surface area contributed by atoms with Crippen LogP contribution in [0.3, 0.4) is 0 Å². The highest BCUT2D eigenvalue weighted by Crippen LogP contribution is 2.65. The van der Waals surface area contributed by atoms with Crippen LogP contribution in [0.2, 0.25) is 0 Å². The summed E-state index contributed by atoms with van der Waals surface area (Å²) in [5.74, 6) is -6.26. The van der Waals surface area contributed by atoms with Crippen molar-refractivity contribution in [1.82, 2.24) is 0 Å². The SMILES string of the molecule is C[C@]12CC(=O)[C@H]3[C@@H](CCC4=CC(=O)C=C[C@@]43C)[C@@H]1CC[C@@H]2C(=O)C(O)(O)CC(=O)O. The Bertz CT molecular complexity index is 897. The number of carbonyl (C=O) groups is 4. The molecule has 0 radical (unpaired) electrons. The molecule has 0 saturated heterocycles. The molecule has 0 aliphatic heterocycles. The van der Waals surface area contributed by atoms with Crippen LogP contribution >= 0.6 is 0 Å². The molecule has 3 fully saturated rings. The summed E-state index contributed by atoms with van der Waals surface area (Å²) in [4.78, 5) is 49.2. The molecule has 3 N–H and O–H groups in total. The van der Waals surface area contributed by atoms with E-state index >= 15 is 0 Å². The van der Waals surface area contributed by atoms with Gasteiger partial charge in [0, 0.05) is 23.7 Å². The van der Waals surface area contributed by atoms with E-state index in [1.807, 2.05) is 19.9 Å². The van der Waals surface area contributed by atoms with Crippen molar-refractivity contribution in [2.45, 2.75) is 58.2 Å². The van der Waals surface area contributed by atoms with Crippen LogP contribution in [0.5, 0.6) is 0 Å². The quantitative estimate of drug-likeness (QED) is 0.596. The minimum atomic E-state index is -2.94. The third-order valence-corrected chi connectivity index (χ3v) is 8.36. The molecule has 0 aromatic rings. The molecule has 30 heavy (non-hydrogen) atoms. The van der Waals surface area contributed by atoms with E-state index in [1.54, 1.807) is 6.08 Å². The Labute approximate surface area is 174 Å². The van der Waals surface area contributed by atoms with Gasteiger partial charge < -0.3 is 15.3 Å². The van der Waals surface area contributed by atoms with Crippen LogP contribution in [0.4, 0.5) is 0 Å². The van der Waals surface area contributed by atoms with Gasteiger partial charge >= 0.3 is 5.97 Å². The van der Waals surface area contributed by atoms with Crippen molar-refractivity contribution in [2.75, 3.05) is 0 Å². The second kappa shape index (κ2) is 6.69. The molecule has 6 atom stereocenters. The molecule has 0 aromatic carbocycles. The van der Waals surface area contributed by atoms with Crippen molar-refractivity contribution >= 4 is 23.3 Å². The molecule has 4 aliphatic rings. The lowest BCUT2D eigenvalue weighted by atomic mass is 9.47. The first-order valence-electron chi connectivity index (χ1n) is 10.6. The number of hydrogen-bond acceptors (Lipinski definition) is 6. The zero-order valence-electron chi connectivity index (χ0n) is 17.3. The topological polar surface area (TPSA) is 129 Å². The summed E-state index contributed by atoms with van der Waals surface area (Å²) < 4.78 is 0. The second-order valence-corrected chi connectivity index (χ2v) is 10.0. The van der Waals surface area contributed by atoms with Gasteiger partial charge in [-0.25, -0.2) is 0 Å². The van der Waals surface area contributed by atoms with Gasteiger partial charge in [0.05, 0.1) is 0 Å². The van der Waals surface area contributed by atoms with Gasteiger partial charge in [-0.1, -0.05) is 25.5 Å². The number of fused-ring (bicyclic) bond motifs is 5. The van der Waals surface area contributed by atoms with E-state index in [0.717, 1.165) is 18.4 Å². The smallest absolute Gasteiger partial charge is 0.309 e. The summed E-state index contributed by atoms with van der Waals surface area (Å²) in [5, 5.41) is 29.2. The number of ketones is 3. The zero-order valence-corrected chi connectivity index (χ0v) is 17.3. The Morgan fingerprint density at radius 1 is 1.17 bits per heavy atom. The number of rotatable bonds is 4. The summed E-state index contributed by atoms with van der Waals surface area (Å²) in [5.41, 5.74) is -0.237. The lowest BCUT2D eigenvalue weighted by Crippen LogP contribution is -2.56. The molecule has 7 nitrogen and oxygen atoms in total. The average molecular weight is 416 g/mol. The Morgan fingerprint density at radius 2 is 1.87 bits per heavy atom. The van der Waals surface area contributed by atoms with E-state index in [4.69, 9.17) is 5.11 Å². The van der Waals surface area contributed by atoms with Gasteiger partial charge in [-0.2, -0.15) is 0 Å². The second-order valence-electron chi connectivity index (χ2n) is 10.0. The number of aliphatic hydroxyl groups is 2. The zero-order chi connectivity index (χ0) is 22.1. The summed E-state index contributed by atoms with van der Waals surface area (Å²) >= 11 is 0. The third-order valence-electron chi connectivity index (χ3n) is 8.36. The maximum absolute atomic E-state index is 13.4. The number of Topliss-reactive ketones (excluding diaryl/α,β-unsaturated/α-hetero) is 2. The molecule has 0 amide bonds. The van der Waals surface area contributed by atoms with E-state index in [2.05, 4.69) is 0 Å². The highest BCUT2D eigenvalue weighted by Gasteiger charge is 2.64. The predicted octanol–water partition coefficient (Wildman–Crippen LogP) is 1.81. The van der Waals surface area contributed by atoms with Crippen molar-refractivity contribution in [3.8, 4) is 0 Å². The maximum Gasteiger partial charge on any atom is 0.309 e. The predicted molar refractivity (Wildman–Crippen MR) is 105 cm³/mol. The van der Waals surface area contributed by atoms with Crippen molar-refractivity contribution < 1.29 is 34.5 Å². The monoisotopic (exact) mass is 416 g/mol. The third kappa shape index (κ3) is 2.94. The van der Waals surface area contributed by atoms with Gasteiger partial charge in [0.2, 0.25) is 5.79 Å². The molecular formula is C23H28O7. The van der Waals surface area contributed by atoms with Gasteiger partial charge in [-0.3, -0.25) is 19.2 Å². The summed E-state index contributed by atoms with van der Waals surface area (Å²) in [6, 6.07) is 0. The number of hydrogen-bond donors (Lipinski definition) is 3. The fraction of sp³-hybridized carbons (Fsp3) is 0.652. The minimum Gasteiger partial charge on any atom is -0.481 e. The van der Waals surface area contributed by atoms with Gasteiger partial charge in [-0.05, 0) is 55.1 Å². The average Bonchev–Trinajstić information content (AvgIpc) is 2.96. The molecule has 162 valence electrons. The van der Waals surface area contributed by atoms with Gasteiger partial charge in [0.1, 0.15) is 12.2 Å². The first kappa shape index (κ1) is 21.1. The number of carboxylic acids is 1. The van der Waals surface area contributed by atoms with Crippen LogP contribution in [-0.2, 0) is 19.2 Å². The number of allylic oxidation sites excluding steroid dienone is 4. The maximum atomic E-state index is 13.4. The van der Waals surface area contributed by atoms with Crippen LogP contribution < -0.4 is 0 Å². The largest absolute Gasteiger partial charge is 0.481 e. The Balaban J connectivity index is 1.66. The van der Waals surface area contributed by atoms with Crippen molar-refractivity contribution in [1.29, 1.82) is 0 Å². The summed E-state index contributed by atoms with van der Waals surface area (Å²) in [6.07, 6.45) is 6.67. The molecular weight excluding hydrogens is 388 g/mol. The Hall–Kier alpha value is -2.12. The van der Waals surface area contributed by atoms with Gasteiger partial charge in [-0.15, -0.1) is 0 Å². The van der Waals surface area contributed by atoms with Gasteiger partial charge in [0.15, 0.2) is 11.6 Å². The standard InChI is InChI=1S/C23H28O7/c1-21-8-7-13(24)9-12(21)3-4-14-15-5-6-16(20(28)23(29,30)11-18(26)27)22(15,2)10-17(25)19(14)21/h7-9,14-16,19,29-30H,3-6,10-11H2,1-2H3,(H,26,27)/t14-,15-,16+,19+,21-,22-/m0/s1. The molecule has 0 unspecified atom stereocenters. The molecule has 0 aromatic heterocycles. The lowest BCUT2D eigenvalue weighted by molar-refractivity contribution is -0.198. The Morgan fingerprint density at radius 3 is 2.53 bits per heavy atom. The number of carbonyl (C=O) groups excluding carboxylic acids is 3. The summed E-state index contributed by atoms with van der Waals surface area (Å²) in [7, 11) is 0. The normalized spacial score (nSPS) is 40.3. The first-order valence-corrected chi connectivity index (χ1v) is 10.6. The molecule has 0 bridgehead atoms. The van der Waals surface area contributed by atoms with E-state index in [-0.39, 0.29) is 35.7 Å². The van der Waals surface area contributed by atoms with E-state index in [0.29, 0.717) is 12.8 Å². The van der Waals surface area contributed by atoms with E-state index in [1.165, 1.54) is 6.08 Å². The molecule has 0 spiro atoms. The lowest BCUT2D eigenvalue weighted by Gasteiger charge is -2.55.